The molecule has 1 rings (SSSR count). The number of amides is 2. The van der Waals surface area contributed by atoms with Crippen LogP contribution >= 0.6 is 0 Å². The van der Waals surface area contributed by atoms with E-state index < -0.39 is 30.8 Å². The zero-order valence-electron chi connectivity index (χ0n) is 8.80. The summed E-state index contributed by atoms with van der Waals surface area (Å²) in [7, 11) is 0. The molecular formula is C9H16N2O5. The Bertz CT molecular complexity index is 263. The molecule has 92 valence electrons. The maximum atomic E-state index is 11.5. The number of carboxylic acid groups (broad SMARTS) is 1. The van der Waals surface area contributed by atoms with Crippen LogP contribution in [0.5, 0.6) is 0 Å². The van der Waals surface area contributed by atoms with Crippen LogP contribution in [-0.4, -0.2) is 64.1 Å². The monoisotopic (exact) mass is 232 g/mol. The van der Waals surface area contributed by atoms with E-state index in [1.165, 1.54) is 4.90 Å². The average molecular weight is 232 g/mol. The molecule has 1 aliphatic heterocycles. The molecule has 0 saturated carbocycles. The number of piperidine rings is 1. The van der Waals surface area contributed by atoms with E-state index in [2.05, 4.69) is 5.32 Å². The van der Waals surface area contributed by atoms with Gasteiger partial charge in [-0.25, -0.2) is 9.59 Å². The van der Waals surface area contributed by atoms with Crippen molar-refractivity contribution in [1.29, 1.82) is 0 Å². The van der Waals surface area contributed by atoms with E-state index in [1.807, 2.05) is 0 Å². The summed E-state index contributed by atoms with van der Waals surface area (Å²) < 4.78 is 0. The molecule has 1 unspecified atom stereocenters. The number of nitrogens with one attached hydrogen (secondary N) is 1. The number of aliphatic carboxylic acids is 1. The number of carbonyl (C=O) groups is 2. The van der Waals surface area contributed by atoms with Crippen molar-refractivity contribution in [3.05, 3.63) is 0 Å². The highest BCUT2D eigenvalue weighted by atomic mass is 16.4. The van der Waals surface area contributed by atoms with Crippen LogP contribution in [0.3, 0.4) is 0 Å². The van der Waals surface area contributed by atoms with Gasteiger partial charge in [0.1, 0.15) is 0 Å². The first kappa shape index (κ1) is 12.7. The molecule has 0 radical (unpaired) electrons. The van der Waals surface area contributed by atoms with Crippen LogP contribution < -0.4 is 5.32 Å². The van der Waals surface area contributed by atoms with Gasteiger partial charge in [0.25, 0.3) is 0 Å². The molecule has 0 spiro atoms. The summed E-state index contributed by atoms with van der Waals surface area (Å²) in [5.41, 5.74) is 0. The highest BCUT2D eigenvalue weighted by Crippen LogP contribution is 2.09. The van der Waals surface area contributed by atoms with Crippen LogP contribution in [0.4, 0.5) is 4.79 Å². The molecule has 7 nitrogen and oxygen atoms in total. The quantitative estimate of drug-likeness (QED) is 0.478. The Morgan fingerprint density at radius 2 is 1.94 bits per heavy atom. The summed E-state index contributed by atoms with van der Waals surface area (Å²) in [5.74, 6) is -1.27. The van der Waals surface area contributed by atoms with Crippen molar-refractivity contribution in [3.8, 4) is 0 Å². The van der Waals surface area contributed by atoms with Gasteiger partial charge in [-0.05, 0) is 12.8 Å². The van der Waals surface area contributed by atoms with Crippen LogP contribution in [0.1, 0.15) is 12.8 Å². The zero-order valence-corrected chi connectivity index (χ0v) is 8.80. The van der Waals surface area contributed by atoms with E-state index in [1.54, 1.807) is 0 Å². The van der Waals surface area contributed by atoms with Gasteiger partial charge >= 0.3 is 12.0 Å². The lowest BCUT2D eigenvalue weighted by molar-refractivity contribution is -0.140. The van der Waals surface area contributed by atoms with Crippen molar-refractivity contribution in [2.75, 3.05) is 19.7 Å². The van der Waals surface area contributed by atoms with E-state index in [9.17, 15) is 14.7 Å². The van der Waals surface area contributed by atoms with Crippen LogP contribution in [0.15, 0.2) is 0 Å². The molecule has 1 aliphatic rings. The Balaban J connectivity index is 2.42. The van der Waals surface area contributed by atoms with Gasteiger partial charge in [0.15, 0.2) is 6.04 Å². The molecule has 0 aromatic rings. The van der Waals surface area contributed by atoms with E-state index >= 15 is 0 Å². The fourth-order valence-electron chi connectivity index (χ4n) is 1.49. The zero-order chi connectivity index (χ0) is 12.1. The maximum absolute atomic E-state index is 11.5. The fourth-order valence-corrected chi connectivity index (χ4v) is 1.49. The first-order valence-corrected chi connectivity index (χ1v) is 5.11. The highest BCUT2D eigenvalue weighted by Gasteiger charge is 2.25. The second kappa shape index (κ2) is 5.66. The number of carboxylic acids is 1. The van der Waals surface area contributed by atoms with Crippen LogP contribution in [0.2, 0.25) is 0 Å². The molecule has 1 fully saturated rings. The molecule has 2 amide bonds. The standard InChI is InChI=1S/C9H16N2O5/c12-5-7(8(14)15)10-9(16)11-3-1-6(13)2-4-11/h6-7,12-13H,1-5H2,(H,10,16)(H,14,15). The van der Waals surface area contributed by atoms with Crippen molar-refractivity contribution in [3.63, 3.8) is 0 Å². The topological polar surface area (TPSA) is 110 Å². The second-order valence-electron chi connectivity index (χ2n) is 3.74. The van der Waals surface area contributed by atoms with Crippen LogP contribution in [0, 0.1) is 0 Å². The van der Waals surface area contributed by atoms with Crippen molar-refractivity contribution in [2.24, 2.45) is 0 Å². The number of hydrogen-bond acceptors (Lipinski definition) is 4. The summed E-state index contributed by atoms with van der Waals surface area (Å²) in [5, 5.41) is 28.8. The summed E-state index contributed by atoms with van der Waals surface area (Å²) in [4.78, 5) is 23.5. The van der Waals surface area contributed by atoms with Crippen molar-refractivity contribution >= 4 is 12.0 Å². The molecule has 4 N–H and O–H groups in total. The smallest absolute Gasteiger partial charge is 0.328 e. The highest BCUT2D eigenvalue weighted by molar-refractivity contribution is 5.82. The van der Waals surface area contributed by atoms with E-state index in [-0.39, 0.29) is 0 Å². The SMILES string of the molecule is O=C(O)C(CO)NC(=O)N1CCC(O)CC1. The number of likely N-dealkylation sites (tertiary alicyclic amines) is 1. The number of rotatable bonds is 3. The predicted octanol–water partition coefficient (Wildman–Crippen LogP) is -1.40. The number of carbonyl (C=O) groups excluding carboxylic acids is 1. The summed E-state index contributed by atoms with van der Waals surface area (Å²) in [6, 6.07) is -1.80. The lowest BCUT2D eigenvalue weighted by Crippen LogP contribution is -2.51. The summed E-state index contributed by atoms with van der Waals surface area (Å²) in [6.07, 6.45) is 0.589. The van der Waals surface area contributed by atoms with Gasteiger partial charge in [0, 0.05) is 13.1 Å². The maximum Gasteiger partial charge on any atom is 0.328 e. The number of hydrogen-bond donors (Lipinski definition) is 4. The van der Waals surface area contributed by atoms with Gasteiger partial charge in [0.2, 0.25) is 0 Å². The average Bonchev–Trinajstić information content (AvgIpc) is 2.26. The molecule has 1 saturated heterocycles. The lowest BCUT2D eigenvalue weighted by atomic mass is 10.1. The third-order valence-electron chi connectivity index (χ3n) is 2.53. The number of aliphatic hydroxyl groups excluding tert-OH is 2. The third-order valence-corrected chi connectivity index (χ3v) is 2.53. The van der Waals surface area contributed by atoms with E-state index in [4.69, 9.17) is 10.2 Å². The lowest BCUT2D eigenvalue weighted by Gasteiger charge is -2.30. The summed E-state index contributed by atoms with van der Waals surface area (Å²) >= 11 is 0. The number of aliphatic hydroxyl groups is 2. The normalized spacial score (nSPS) is 19.2. The number of urea groups is 1. The number of nitrogens with zero attached hydrogens (tertiary/aromatic N) is 1. The molecule has 16 heavy (non-hydrogen) atoms. The summed E-state index contributed by atoms with van der Waals surface area (Å²) in [6.45, 7) is 0.146. The molecular weight excluding hydrogens is 216 g/mol. The van der Waals surface area contributed by atoms with E-state index in [0.717, 1.165) is 0 Å². The Morgan fingerprint density at radius 1 is 1.38 bits per heavy atom. The minimum absolute atomic E-state index is 0.392. The van der Waals surface area contributed by atoms with Crippen molar-refractivity contribution < 1.29 is 24.9 Å². The Kier molecular flexibility index (Phi) is 4.51. The molecule has 1 atom stereocenters. The van der Waals surface area contributed by atoms with Crippen molar-refractivity contribution in [1.82, 2.24) is 10.2 Å². The first-order valence-electron chi connectivity index (χ1n) is 5.11. The van der Waals surface area contributed by atoms with Gasteiger partial charge in [-0.2, -0.15) is 0 Å². The molecule has 0 aromatic carbocycles. The molecule has 0 aliphatic carbocycles. The van der Waals surface area contributed by atoms with Gasteiger partial charge in [0.05, 0.1) is 12.7 Å². The molecule has 0 bridgehead atoms. The van der Waals surface area contributed by atoms with E-state index in [0.29, 0.717) is 25.9 Å². The van der Waals surface area contributed by atoms with Gasteiger partial charge in [-0.15, -0.1) is 0 Å². The van der Waals surface area contributed by atoms with Crippen LogP contribution in [-0.2, 0) is 4.79 Å². The van der Waals surface area contributed by atoms with Gasteiger partial charge < -0.3 is 25.5 Å². The molecule has 1 heterocycles. The Morgan fingerprint density at radius 3 is 2.38 bits per heavy atom. The fraction of sp³-hybridized carbons (Fsp3) is 0.778. The predicted molar refractivity (Wildman–Crippen MR) is 53.9 cm³/mol. The molecule has 7 heteroatoms. The van der Waals surface area contributed by atoms with Gasteiger partial charge in [-0.1, -0.05) is 0 Å². The molecule has 0 aromatic heterocycles. The Labute approximate surface area is 92.7 Å². The van der Waals surface area contributed by atoms with Gasteiger partial charge in [-0.3, -0.25) is 0 Å². The van der Waals surface area contributed by atoms with Crippen molar-refractivity contribution in [2.45, 2.75) is 25.0 Å². The van der Waals surface area contributed by atoms with Crippen LogP contribution in [0.25, 0.3) is 0 Å². The first-order chi connectivity index (χ1) is 7.54. The third kappa shape index (κ3) is 3.35. The Hall–Kier alpha value is -1.34. The minimum atomic E-state index is -1.28. The largest absolute Gasteiger partial charge is 0.480 e. The second-order valence-corrected chi connectivity index (χ2v) is 3.74. The minimum Gasteiger partial charge on any atom is -0.480 e.